The number of carbonyl (C=O) groups excluding carboxylic acids is 1. The minimum absolute atomic E-state index is 0.0695. The van der Waals surface area contributed by atoms with E-state index in [1.165, 1.54) is 12.8 Å². The lowest BCUT2D eigenvalue weighted by Gasteiger charge is -2.24. The van der Waals surface area contributed by atoms with Gasteiger partial charge in [0.2, 0.25) is 0 Å². The van der Waals surface area contributed by atoms with Gasteiger partial charge in [-0.3, -0.25) is 9.78 Å². The number of nitrogens with one attached hydrogen (secondary N) is 1. The summed E-state index contributed by atoms with van der Waals surface area (Å²) in [4.78, 5) is 17.2. The van der Waals surface area contributed by atoms with Crippen LogP contribution in [0.3, 0.4) is 0 Å². The summed E-state index contributed by atoms with van der Waals surface area (Å²) in [6.07, 6.45) is 4.36. The van der Waals surface area contributed by atoms with Crippen LogP contribution in [0.4, 0.5) is 0 Å². The molecule has 0 aromatic carbocycles. The first kappa shape index (κ1) is 14.4. The molecule has 1 aliphatic carbocycles. The molecule has 23 heavy (non-hydrogen) atoms. The SMILES string of the molecule is Cc1nc(C2CC2)ccc1C(=O)NC1CCCn2c(C)nnc21. The highest BCUT2D eigenvalue weighted by atomic mass is 16.1. The standard InChI is InChI=1S/C17H21N5O/c1-10-13(7-8-14(18-10)12-5-6-12)17(23)19-15-4-3-9-22-11(2)20-21-16(15)22/h7-8,12,15H,3-6,9H2,1-2H3,(H,19,23). The monoisotopic (exact) mass is 311 g/mol. The number of fused-ring (bicyclic) bond motifs is 1. The predicted octanol–water partition coefficient (Wildman–Crippen LogP) is 2.43. The average molecular weight is 311 g/mol. The number of hydrogen-bond donors (Lipinski definition) is 1. The van der Waals surface area contributed by atoms with Crippen molar-refractivity contribution in [2.45, 2.75) is 58.0 Å². The Morgan fingerprint density at radius 2 is 2.04 bits per heavy atom. The molecule has 1 amide bonds. The molecule has 4 rings (SSSR count). The molecule has 0 bridgehead atoms. The Kier molecular flexibility index (Phi) is 3.39. The highest BCUT2D eigenvalue weighted by molar-refractivity contribution is 5.95. The molecule has 3 heterocycles. The van der Waals surface area contributed by atoms with Crippen LogP contribution in [-0.4, -0.2) is 25.7 Å². The van der Waals surface area contributed by atoms with Crippen LogP contribution in [0, 0.1) is 13.8 Å². The molecule has 1 aliphatic heterocycles. The first-order valence-corrected chi connectivity index (χ1v) is 8.31. The second-order valence-corrected chi connectivity index (χ2v) is 6.57. The van der Waals surface area contributed by atoms with Crippen molar-refractivity contribution in [1.82, 2.24) is 25.1 Å². The van der Waals surface area contributed by atoms with Crippen LogP contribution in [0.2, 0.25) is 0 Å². The summed E-state index contributed by atoms with van der Waals surface area (Å²) in [7, 11) is 0. The van der Waals surface area contributed by atoms with Gasteiger partial charge in [-0.25, -0.2) is 0 Å². The third-order valence-electron chi connectivity index (χ3n) is 4.80. The molecule has 2 aromatic rings. The Labute approximate surface area is 135 Å². The second-order valence-electron chi connectivity index (χ2n) is 6.57. The van der Waals surface area contributed by atoms with Crippen LogP contribution in [0.25, 0.3) is 0 Å². The molecule has 120 valence electrons. The molecule has 1 N–H and O–H groups in total. The maximum atomic E-state index is 12.6. The van der Waals surface area contributed by atoms with Crippen molar-refractivity contribution in [1.29, 1.82) is 0 Å². The Morgan fingerprint density at radius 1 is 1.22 bits per heavy atom. The number of hydrogen-bond acceptors (Lipinski definition) is 4. The third kappa shape index (κ3) is 2.62. The van der Waals surface area contributed by atoms with Crippen LogP contribution < -0.4 is 5.32 Å². The number of nitrogens with zero attached hydrogens (tertiary/aromatic N) is 4. The number of amides is 1. The summed E-state index contributed by atoms with van der Waals surface area (Å²) in [5.41, 5.74) is 2.58. The van der Waals surface area contributed by atoms with Crippen molar-refractivity contribution in [2.75, 3.05) is 0 Å². The van der Waals surface area contributed by atoms with Gasteiger partial charge in [-0.1, -0.05) is 0 Å². The largest absolute Gasteiger partial charge is 0.342 e. The summed E-state index contributed by atoms with van der Waals surface area (Å²) < 4.78 is 2.09. The molecule has 2 aromatic heterocycles. The van der Waals surface area contributed by atoms with Crippen molar-refractivity contribution in [3.63, 3.8) is 0 Å². The zero-order valence-electron chi connectivity index (χ0n) is 13.5. The van der Waals surface area contributed by atoms with Crippen molar-refractivity contribution >= 4 is 5.91 Å². The summed E-state index contributed by atoms with van der Waals surface area (Å²) in [5.74, 6) is 2.30. The lowest BCUT2D eigenvalue weighted by atomic mass is 10.1. The summed E-state index contributed by atoms with van der Waals surface area (Å²) in [6.45, 7) is 4.79. The second kappa shape index (κ2) is 5.44. The number of aromatic nitrogens is 4. The van der Waals surface area contributed by atoms with E-state index in [9.17, 15) is 4.79 Å². The van der Waals surface area contributed by atoms with Crippen molar-refractivity contribution < 1.29 is 4.79 Å². The van der Waals surface area contributed by atoms with Crippen LogP contribution in [0.1, 0.15) is 71.0 Å². The minimum atomic E-state index is -0.0727. The van der Waals surface area contributed by atoms with Gasteiger partial charge in [-0.05, 0) is 51.7 Å². The van der Waals surface area contributed by atoms with E-state index >= 15 is 0 Å². The van der Waals surface area contributed by atoms with E-state index in [0.29, 0.717) is 11.5 Å². The van der Waals surface area contributed by atoms with Gasteiger partial charge in [0.25, 0.3) is 5.91 Å². The average Bonchev–Trinajstić information content (AvgIpc) is 3.32. The first-order chi connectivity index (χ1) is 11.1. The molecule has 1 saturated carbocycles. The fourth-order valence-corrected chi connectivity index (χ4v) is 3.31. The Morgan fingerprint density at radius 3 is 2.78 bits per heavy atom. The van der Waals surface area contributed by atoms with E-state index in [4.69, 9.17) is 0 Å². The van der Waals surface area contributed by atoms with Crippen molar-refractivity contribution in [3.8, 4) is 0 Å². The molecule has 0 spiro atoms. The highest BCUT2D eigenvalue weighted by Crippen LogP contribution is 2.39. The smallest absolute Gasteiger partial charge is 0.253 e. The van der Waals surface area contributed by atoms with Gasteiger partial charge in [0.1, 0.15) is 5.82 Å². The van der Waals surface area contributed by atoms with E-state index in [-0.39, 0.29) is 11.9 Å². The lowest BCUT2D eigenvalue weighted by Crippen LogP contribution is -2.33. The quantitative estimate of drug-likeness (QED) is 0.945. The maximum Gasteiger partial charge on any atom is 0.253 e. The molecule has 1 atom stereocenters. The molecule has 0 saturated heterocycles. The van der Waals surface area contributed by atoms with Gasteiger partial charge in [0.05, 0.1) is 17.3 Å². The van der Waals surface area contributed by atoms with Crippen LogP contribution in [0.15, 0.2) is 12.1 Å². The summed E-state index contributed by atoms with van der Waals surface area (Å²) in [6, 6.07) is 3.83. The Bertz CT molecular complexity index is 762. The Balaban J connectivity index is 1.54. The maximum absolute atomic E-state index is 12.6. The molecule has 0 radical (unpaired) electrons. The van der Waals surface area contributed by atoms with Gasteiger partial charge in [-0.2, -0.15) is 0 Å². The molecule has 6 nitrogen and oxygen atoms in total. The zero-order chi connectivity index (χ0) is 16.0. The van der Waals surface area contributed by atoms with Gasteiger partial charge < -0.3 is 9.88 Å². The molecule has 2 aliphatic rings. The van der Waals surface area contributed by atoms with Crippen LogP contribution in [0.5, 0.6) is 0 Å². The third-order valence-corrected chi connectivity index (χ3v) is 4.80. The summed E-state index contributed by atoms with van der Waals surface area (Å²) >= 11 is 0. The van der Waals surface area contributed by atoms with E-state index in [2.05, 4.69) is 25.1 Å². The fraction of sp³-hybridized carbons (Fsp3) is 0.529. The van der Waals surface area contributed by atoms with Gasteiger partial charge >= 0.3 is 0 Å². The van der Waals surface area contributed by atoms with Gasteiger partial charge in [-0.15, -0.1) is 10.2 Å². The van der Waals surface area contributed by atoms with E-state index in [1.807, 2.05) is 26.0 Å². The summed E-state index contributed by atoms with van der Waals surface area (Å²) in [5, 5.41) is 11.5. The number of rotatable bonds is 3. The van der Waals surface area contributed by atoms with Crippen molar-refractivity contribution in [3.05, 3.63) is 40.7 Å². The normalized spacial score (nSPS) is 20.2. The van der Waals surface area contributed by atoms with Crippen LogP contribution in [-0.2, 0) is 6.54 Å². The lowest BCUT2D eigenvalue weighted by molar-refractivity contribution is 0.0926. The number of aryl methyl sites for hydroxylation is 2. The zero-order valence-corrected chi connectivity index (χ0v) is 13.5. The first-order valence-electron chi connectivity index (χ1n) is 8.31. The van der Waals surface area contributed by atoms with Gasteiger partial charge in [0.15, 0.2) is 5.82 Å². The van der Waals surface area contributed by atoms with Gasteiger partial charge in [0, 0.05) is 18.2 Å². The molecular weight excluding hydrogens is 290 g/mol. The number of pyridine rings is 1. The molecule has 6 heteroatoms. The topological polar surface area (TPSA) is 72.7 Å². The molecular formula is C17H21N5O. The van der Waals surface area contributed by atoms with E-state index < -0.39 is 0 Å². The van der Waals surface area contributed by atoms with E-state index in [0.717, 1.165) is 42.4 Å². The Hall–Kier alpha value is -2.24. The predicted molar refractivity (Wildman–Crippen MR) is 85.1 cm³/mol. The van der Waals surface area contributed by atoms with Crippen LogP contribution >= 0.6 is 0 Å². The minimum Gasteiger partial charge on any atom is -0.342 e. The molecule has 1 fully saturated rings. The molecule has 1 unspecified atom stereocenters. The highest BCUT2D eigenvalue weighted by Gasteiger charge is 2.28. The van der Waals surface area contributed by atoms with E-state index in [1.54, 1.807) is 0 Å². The number of carbonyl (C=O) groups is 1. The van der Waals surface area contributed by atoms with Crippen molar-refractivity contribution in [2.24, 2.45) is 0 Å². The fourth-order valence-electron chi connectivity index (χ4n) is 3.31.